The van der Waals surface area contributed by atoms with Crippen LogP contribution in [0.5, 0.6) is 0 Å². The van der Waals surface area contributed by atoms with Crippen LogP contribution in [-0.4, -0.2) is 25.0 Å². The Balaban J connectivity index is 2.51. The third-order valence-corrected chi connectivity index (χ3v) is 3.36. The number of carbonyl (C=O) groups is 1. The first kappa shape index (κ1) is 13.6. The van der Waals surface area contributed by atoms with E-state index in [0.717, 1.165) is 16.3 Å². The van der Waals surface area contributed by atoms with Crippen molar-refractivity contribution in [3.8, 4) is 0 Å². The van der Waals surface area contributed by atoms with Gasteiger partial charge in [-0.25, -0.2) is 5.01 Å². The Morgan fingerprint density at radius 1 is 1.05 bits per heavy atom. The summed E-state index contributed by atoms with van der Waals surface area (Å²) in [6.45, 7) is 3.90. The molecule has 2 aromatic carbocycles. The van der Waals surface area contributed by atoms with Crippen LogP contribution in [0.15, 0.2) is 42.5 Å². The Kier molecular flexibility index (Phi) is 3.58. The maximum absolute atomic E-state index is 12.4. The van der Waals surface area contributed by atoms with Crippen LogP contribution in [0, 0.1) is 0 Å². The first-order valence-corrected chi connectivity index (χ1v) is 6.39. The van der Waals surface area contributed by atoms with Crippen molar-refractivity contribution in [1.29, 1.82) is 0 Å². The highest BCUT2D eigenvalue weighted by atomic mass is 16.2. The molecule has 19 heavy (non-hydrogen) atoms. The van der Waals surface area contributed by atoms with Crippen molar-refractivity contribution in [3.63, 3.8) is 0 Å². The van der Waals surface area contributed by atoms with Gasteiger partial charge in [-0.3, -0.25) is 10.2 Å². The second-order valence-corrected chi connectivity index (χ2v) is 5.49. The SMILES string of the molecule is CN(C)NC(=O)C(C)(C)c1cccc2ccccc12. The molecule has 0 bridgehead atoms. The molecule has 0 aliphatic rings. The van der Waals surface area contributed by atoms with Gasteiger partial charge in [0.1, 0.15) is 0 Å². The molecule has 0 aromatic heterocycles. The molecule has 3 nitrogen and oxygen atoms in total. The Morgan fingerprint density at radius 2 is 1.68 bits per heavy atom. The van der Waals surface area contributed by atoms with Crippen LogP contribution < -0.4 is 5.43 Å². The lowest BCUT2D eigenvalue weighted by molar-refractivity contribution is -0.129. The van der Waals surface area contributed by atoms with Crippen LogP contribution in [0.2, 0.25) is 0 Å². The number of hydrazine groups is 1. The highest BCUT2D eigenvalue weighted by Gasteiger charge is 2.31. The van der Waals surface area contributed by atoms with E-state index in [0.29, 0.717) is 0 Å². The van der Waals surface area contributed by atoms with Crippen LogP contribution in [0.1, 0.15) is 19.4 Å². The quantitative estimate of drug-likeness (QED) is 0.856. The lowest BCUT2D eigenvalue weighted by Crippen LogP contribution is -2.46. The molecule has 1 amide bonds. The van der Waals surface area contributed by atoms with E-state index in [1.807, 2.05) is 52.2 Å². The molecular formula is C16H20N2O. The molecular weight excluding hydrogens is 236 g/mol. The number of benzene rings is 2. The van der Waals surface area contributed by atoms with Gasteiger partial charge < -0.3 is 0 Å². The van der Waals surface area contributed by atoms with Crippen molar-refractivity contribution < 1.29 is 4.79 Å². The van der Waals surface area contributed by atoms with Gasteiger partial charge in [-0.15, -0.1) is 0 Å². The molecule has 1 N–H and O–H groups in total. The summed E-state index contributed by atoms with van der Waals surface area (Å²) in [6.07, 6.45) is 0. The van der Waals surface area contributed by atoms with Crippen LogP contribution in [0.4, 0.5) is 0 Å². The van der Waals surface area contributed by atoms with E-state index in [-0.39, 0.29) is 5.91 Å². The fourth-order valence-corrected chi connectivity index (χ4v) is 2.24. The van der Waals surface area contributed by atoms with Gasteiger partial charge in [-0.1, -0.05) is 42.5 Å². The second-order valence-electron chi connectivity index (χ2n) is 5.49. The minimum Gasteiger partial charge on any atom is -0.289 e. The van der Waals surface area contributed by atoms with Crippen molar-refractivity contribution in [3.05, 3.63) is 48.0 Å². The van der Waals surface area contributed by atoms with E-state index in [9.17, 15) is 4.79 Å². The Morgan fingerprint density at radius 3 is 2.37 bits per heavy atom. The predicted octanol–water partition coefficient (Wildman–Crippen LogP) is 2.71. The average Bonchev–Trinajstić information content (AvgIpc) is 2.37. The van der Waals surface area contributed by atoms with Crippen LogP contribution in [-0.2, 0) is 10.2 Å². The van der Waals surface area contributed by atoms with E-state index < -0.39 is 5.41 Å². The summed E-state index contributed by atoms with van der Waals surface area (Å²) in [5.41, 5.74) is 3.31. The Hall–Kier alpha value is -1.87. The highest BCUT2D eigenvalue weighted by Crippen LogP contribution is 2.30. The zero-order chi connectivity index (χ0) is 14.0. The van der Waals surface area contributed by atoms with Gasteiger partial charge >= 0.3 is 0 Å². The van der Waals surface area contributed by atoms with Crippen LogP contribution >= 0.6 is 0 Å². The zero-order valence-corrected chi connectivity index (χ0v) is 11.9. The fraction of sp³-hybridized carbons (Fsp3) is 0.312. The summed E-state index contributed by atoms with van der Waals surface area (Å²) in [6, 6.07) is 14.2. The molecule has 2 aromatic rings. The topological polar surface area (TPSA) is 32.3 Å². The molecule has 0 aliphatic carbocycles. The van der Waals surface area contributed by atoms with E-state index in [1.54, 1.807) is 5.01 Å². The summed E-state index contributed by atoms with van der Waals surface area (Å²) >= 11 is 0. The van der Waals surface area contributed by atoms with Gasteiger partial charge in [0.15, 0.2) is 0 Å². The molecule has 2 rings (SSSR count). The lowest BCUT2D eigenvalue weighted by Gasteiger charge is -2.27. The third kappa shape index (κ3) is 2.61. The molecule has 0 radical (unpaired) electrons. The number of hydrogen-bond donors (Lipinski definition) is 1. The van der Waals surface area contributed by atoms with Gasteiger partial charge in [0.25, 0.3) is 0 Å². The second kappa shape index (κ2) is 5.02. The van der Waals surface area contributed by atoms with Gasteiger partial charge in [-0.2, -0.15) is 0 Å². The smallest absolute Gasteiger partial charge is 0.244 e. The number of nitrogens with one attached hydrogen (secondary N) is 1. The predicted molar refractivity (Wildman–Crippen MR) is 78.8 cm³/mol. The average molecular weight is 256 g/mol. The minimum absolute atomic E-state index is 0.00569. The van der Waals surface area contributed by atoms with E-state index in [1.165, 1.54) is 0 Å². The van der Waals surface area contributed by atoms with Gasteiger partial charge in [0.2, 0.25) is 5.91 Å². The zero-order valence-electron chi connectivity index (χ0n) is 11.9. The summed E-state index contributed by atoms with van der Waals surface area (Å²) in [5, 5.41) is 3.96. The number of carbonyl (C=O) groups excluding carboxylic acids is 1. The Labute approximate surface area is 114 Å². The maximum Gasteiger partial charge on any atom is 0.244 e. The summed E-state index contributed by atoms with van der Waals surface area (Å²) in [7, 11) is 3.63. The number of amides is 1. The van der Waals surface area contributed by atoms with Crippen molar-refractivity contribution >= 4 is 16.7 Å². The molecule has 0 saturated carbocycles. The maximum atomic E-state index is 12.4. The lowest BCUT2D eigenvalue weighted by atomic mass is 9.81. The Bertz CT molecular complexity index is 597. The van der Waals surface area contributed by atoms with Gasteiger partial charge in [0.05, 0.1) is 5.41 Å². The van der Waals surface area contributed by atoms with E-state index in [2.05, 4.69) is 23.6 Å². The number of fused-ring (bicyclic) bond motifs is 1. The number of rotatable bonds is 3. The standard InChI is InChI=1S/C16H20N2O/c1-16(2,15(19)17-18(3)4)14-11-7-9-12-8-5-6-10-13(12)14/h5-11H,1-4H3,(H,17,19). The number of hydrogen-bond acceptors (Lipinski definition) is 2. The van der Waals surface area contributed by atoms with Gasteiger partial charge in [-0.05, 0) is 30.2 Å². The molecule has 0 heterocycles. The van der Waals surface area contributed by atoms with Crippen molar-refractivity contribution in [2.24, 2.45) is 0 Å². The fourth-order valence-electron chi connectivity index (χ4n) is 2.24. The first-order valence-electron chi connectivity index (χ1n) is 6.39. The number of nitrogens with zero attached hydrogens (tertiary/aromatic N) is 1. The van der Waals surface area contributed by atoms with E-state index in [4.69, 9.17) is 0 Å². The molecule has 0 aliphatic heterocycles. The molecule has 0 saturated heterocycles. The highest BCUT2D eigenvalue weighted by molar-refractivity contribution is 5.95. The van der Waals surface area contributed by atoms with Crippen molar-refractivity contribution in [2.45, 2.75) is 19.3 Å². The molecule has 0 unspecified atom stereocenters. The normalized spacial score (nSPS) is 11.8. The van der Waals surface area contributed by atoms with Gasteiger partial charge in [0, 0.05) is 14.1 Å². The summed E-state index contributed by atoms with van der Waals surface area (Å²) < 4.78 is 0. The van der Waals surface area contributed by atoms with E-state index >= 15 is 0 Å². The minimum atomic E-state index is -0.578. The molecule has 0 spiro atoms. The first-order chi connectivity index (χ1) is 8.93. The largest absolute Gasteiger partial charge is 0.289 e. The molecule has 0 atom stereocenters. The van der Waals surface area contributed by atoms with Crippen molar-refractivity contribution in [1.82, 2.24) is 10.4 Å². The molecule has 100 valence electrons. The van der Waals surface area contributed by atoms with Crippen molar-refractivity contribution in [2.75, 3.05) is 14.1 Å². The molecule has 3 heteroatoms. The van der Waals surface area contributed by atoms with Crippen LogP contribution in [0.25, 0.3) is 10.8 Å². The third-order valence-electron chi connectivity index (χ3n) is 3.36. The molecule has 0 fully saturated rings. The summed E-state index contributed by atoms with van der Waals surface area (Å²) in [4.78, 5) is 12.4. The monoisotopic (exact) mass is 256 g/mol. The summed E-state index contributed by atoms with van der Waals surface area (Å²) in [5.74, 6) is -0.00569. The van der Waals surface area contributed by atoms with Crippen LogP contribution in [0.3, 0.4) is 0 Å².